The molecule has 0 aliphatic heterocycles. The smallest absolute Gasteiger partial charge is 0.212 e. The van der Waals surface area contributed by atoms with Gasteiger partial charge in [-0.05, 0) is 12.1 Å². The maximum Gasteiger partial charge on any atom is 0.212 e. The fraction of sp³-hybridized carbons (Fsp3) is 0.0500. The van der Waals surface area contributed by atoms with Crippen LogP contribution in [-0.2, 0) is 0 Å². The van der Waals surface area contributed by atoms with Gasteiger partial charge in [0.1, 0.15) is 11.3 Å². The zero-order valence-electron chi connectivity index (χ0n) is 12.7. The lowest BCUT2D eigenvalue weighted by Crippen LogP contribution is -1.88. The van der Waals surface area contributed by atoms with Crippen molar-refractivity contribution in [1.29, 1.82) is 0 Å². The molecule has 0 amide bonds. The van der Waals surface area contributed by atoms with Gasteiger partial charge in [-0.1, -0.05) is 48.5 Å². The van der Waals surface area contributed by atoms with E-state index in [-0.39, 0.29) is 0 Å². The summed E-state index contributed by atoms with van der Waals surface area (Å²) in [6.45, 7) is 0. The van der Waals surface area contributed by atoms with Gasteiger partial charge in [-0.3, -0.25) is 0 Å². The molecule has 0 N–H and O–H groups in total. The molecule has 2 aromatic carbocycles. The molecule has 3 nitrogen and oxygen atoms in total. The van der Waals surface area contributed by atoms with Crippen molar-refractivity contribution in [2.24, 2.45) is 0 Å². The lowest BCUT2D eigenvalue weighted by atomic mass is 10.00. The average Bonchev–Trinajstić information content (AvgIpc) is 3.02. The van der Waals surface area contributed by atoms with Crippen LogP contribution >= 0.6 is 0 Å². The van der Waals surface area contributed by atoms with E-state index in [0.29, 0.717) is 5.88 Å². The number of fused-ring (bicyclic) bond motifs is 1. The molecule has 2 aromatic heterocycles. The second-order valence-electron chi connectivity index (χ2n) is 5.26. The molecule has 3 heteroatoms. The van der Waals surface area contributed by atoms with E-state index >= 15 is 0 Å². The van der Waals surface area contributed by atoms with Crippen molar-refractivity contribution in [2.75, 3.05) is 7.11 Å². The Hall–Kier alpha value is -3.07. The molecule has 0 saturated heterocycles. The van der Waals surface area contributed by atoms with Crippen LogP contribution in [-0.4, -0.2) is 12.1 Å². The molecular weight excluding hydrogens is 286 g/mol. The third kappa shape index (κ3) is 2.36. The normalized spacial score (nSPS) is 10.8. The highest BCUT2D eigenvalue weighted by Gasteiger charge is 2.17. The number of nitrogens with zero attached hydrogens (tertiary/aromatic N) is 1. The second-order valence-corrected chi connectivity index (χ2v) is 5.26. The number of aromatic nitrogens is 1. The van der Waals surface area contributed by atoms with E-state index in [1.807, 2.05) is 54.7 Å². The van der Waals surface area contributed by atoms with Crippen LogP contribution in [0.2, 0.25) is 0 Å². The first-order valence-corrected chi connectivity index (χ1v) is 7.44. The Labute approximate surface area is 134 Å². The molecule has 23 heavy (non-hydrogen) atoms. The van der Waals surface area contributed by atoms with Crippen molar-refractivity contribution in [3.8, 4) is 28.3 Å². The molecule has 0 spiro atoms. The zero-order chi connectivity index (χ0) is 15.6. The van der Waals surface area contributed by atoms with Crippen molar-refractivity contribution in [2.45, 2.75) is 0 Å². The Morgan fingerprint density at radius 1 is 0.826 bits per heavy atom. The third-order valence-corrected chi connectivity index (χ3v) is 3.87. The van der Waals surface area contributed by atoms with Gasteiger partial charge in [0.15, 0.2) is 0 Å². The molecule has 0 atom stereocenters. The second kappa shape index (κ2) is 5.61. The first-order valence-electron chi connectivity index (χ1n) is 7.44. The summed E-state index contributed by atoms with van der Waals surface area (Å²) in [5.74, 6) is 1.46. The van der Waals surface area contributed by atoms with Gasteiger partial charge in [0, 0.05) is 34.3 Å². The first kappa shape index (κ1) is 13.6. The zero-order valence-corrected chi connectivity index (χ0v) is 12.7. The summed E-state index contributed by atoms with van der Waals surface area (Å²) in [5.41, 5.74) is 3.99. The first-order chi connectivity index (χ1) is 11.4. The lowest BCUT2D eigenvalue weighted by molar-refractivity contribution is 0.398. The highest BCUT2D eigenvalue weighted by Crippen LogP contribution is 2.40. The van der Waals surface area contributed by atoms with E-state index < -0.39 is 0 Å². The van der Waals surface area contributed by atoms with Crippen LogP contribution in [0.5, 0.6) is 5.88 Å². The Morgan fingerprint density at radius 2 is 1.61 bits per heavy atom. The third-order valence-electron chi connectivity index (χ3n) is 3.87. The monoisotopic (exact) mass is 301 g/mol. The highest BCUT2D eigenvalue weighted by atomic mass is 16.5. The van der Waals surface area contributed by atoms with Gasteiger partial charge in [-0.15, -0.1) is 0 Å². The van der Waals surface area contributed by atoms with E-state index in [9.17, 15) is 0 Å². The van der Waals surface area contributed by atoms with Gasteiger partial charge >= 0.3 is 0 Å². The number of benzene rings is 2. The van der Waals surface area contributed by atoms with Crippen LogP contribution in [0.15, 0.2) is 77.3 Å². The maximum absolute atomic E-state index is 6.14. The van der Waals surface area contributed by atoms with E-state index in [4.69, 9.17) is 9.15 Å². The van der Waals surface area contributed by atoms with E-state index in [1.54, 1.807) is 7.11 Å². The number of ether oxygens (including phenoxy) is 1. The lowest BCUT2D eigenvalue weighted by Gasteiger charge is -2.05. The topological polar surface area (TPSA) is 35.3 Å². The number of hydrogen-bond donors (Lipinski definition) is 0. The summed E-state index contributed by atoms with van der Waals surface area (Å²) in [6, 6.07) is 22.1. The van der Waals surface area contributed by atoms with Crippen molar-refractivity contribution in [3.05, 3.63) is 72.9 Å². The van der Waals surface area contributed by atoms with Crippen molar-refractivity contribution in [1.82, 2.24) is 4.98 Å². The van der Waals surface area contributed by atoms with Gasteiger partial charge in [-0.2, -0.15) is 0 Å². The number of pyridine rings is 1. The Bertz CT molecular complexity index is 940. The molecule has 0 unspecified atom stereocenters. The summed E-state index contributed by atoms with van der Waals surface area (Å²) in [5, 5.41) is 1.08. The number of furan rings is 1. The highest BCUT2D eigenvalue weighted by molar-refractivity contribution is 6.01. The van der Waals surface area contributed by atoms with Gasteiger partial charge in [0.2, 0.25) is 5.88 Å². The van der Waals surface area contributed by atoms with E-state index in [1.165, 1.54) is 0 Å². The quantitative estimate of drug-likeness (QED) is 0.523. The fourth-order valence-electron chi connectivity index (χ4n) is 2.77. The summed E-state index contributed by atoms with van der Waals surface area (Å²) in [4.78, 5) is 4.33. The fourth-order valence-corrected chi connectivity index (χ4v) is 2.77. The molecule has 0 aliphatic rings. The molecule has 112 valence electrons. The Kier molecular flexibility index (Phi) is 3.31. The standard InChI is InChI=1S/C20H15NO2/c1-22-18-12-11-15(13-21-18)19-16-9-5-6-10-17(16)23-20(19)14-7-3-2-4-8-14/h2-13H,1H3. The number of rotatable bonds is 3. The van der Waals surface area contributed by atoms with Gasteiger partial charge < -0.3 is 9.15 Å². The maximum atomic E-state index is 6.14. The predicted octanol–water partition coefficient (Wildman–Crippen LogP) is 5.17. The van der Waals surface area contributed by atoms with Crippen LogP contribution < -0.4 is 4.74 Å². The molecule has 0 aliphatic carbocycles. The van der Waals surface area contributed by atoms with Crippen molar-refractivity contribution in [3.63, 3.8) is 0 Å². The van der Waals surface area contributed by atoms with E-state index in [2.05, 4.69) is 23.2 Å². The largest absolute Gasteiger partial charge is 0.481 e. The van der Waals surface area contributed by atoms with Crippen LogP contribution in [0.1, 0.15) is 0 Å². The van der Waals surface area contributed by atoms with Gasteiger partial charge in [-0.25, -0.2) is 4.98 Å². The number of para-hydroxylation sites is 1. The van der Waals surface area contributed by atoms with Crippen molar-refractivity contribution < 1.29 is 9.15 Å². The van der Waals surface area contributed by atoms with Crippen LogP contribution in [0.25, 0.3) is 33.4 Å². The van der Waals surface area contributed by atoms with Crippen molar-refractivity contribution >= 4 is 11.0 Å². The number of methoxy groups -OCH3 is 1. The number of hydrogen-bond acceptors (Lipinski definition) is 3. The Morgan fingerprint density at radius 3 is 2.35 bits per heavy atom. The van der Waals surface area contributed by atoms with E-state index in [0.717, 1.165) is 33.4 Å². The SMILES string of the molecule is COc1ccc(-c2c(-c3ccccc3)oc3ccccc23)cn1. The minimum Gasteiger partial charge on any atom is -0.481 e. The van der Waals surface area contributed by atoms with Crippen LogP contribution in [0.4, 0.5) is 0 Å². The molecule has 0 fully saturated rings. The molecular formula is C20H15NO2. The van der Waals surface area contributed by atoms with Crippen LogP contribution in [0, 0.1) is 0 Å². The van der Waals surface area contributed by atoms with Crippen LogP contribution in [0.3, 0.4) is 0 Å². The Balaban J connectivity index is 1.99. The van der Waals surface area contributed by atoms with Gasteiger partial charge in [0.25, 0.3) is 0 Å². The molecule has 2 heterocycles. The minimum atomic E-state index is 0.600. The predicted molar refractivity (Wildman–Crippen MR) is 91.4 cm³/mol. The summed E-state index contributed by atoms with van der Waals surface area (Å²) in [7, 11) is 1.62. The summed E-state index contributed by atoms with van der Waals surface area (Å²) < 4.78 is 11.3. The summed E-state index contributed by atoms with van der Waals surface area (Å²) >= 11 is 0. The molecule has 0 saturated carbocycles. The minimum absolute atomic E-state index is 0.600. The summed E-state index contributed by atoms with van der Waals surface area (Å²) in [6.07, 6.45) is 1.82. The molecule has 0 bridgehead atoms. The molecule has 0 radical (unpaired) electrons. The van der Waals surface area contributed by atoms with Gasteiger partial charge in [0.05, 0.1) is 7.11 Å². The molecule has 4 aromatic rings. The molecule has 4 rings (SSSR count). The average molecular weight is 301 g/mol.